The highest BCUT2D eigenvalue weighted by Gasteiger charge is 2.17. The first kappa shape index (κ1) is 13.7. The maximum Gasteiger partial charge on any atom is 0.222 e. The second-order valence-electron chi connectivity index (χ2n) is 4.71. The summed E-state index contributed by atoms with van der Waals surface area (Å²) in [5.74, 6) is 1.48. The highest BCUT2D eigenvalue weighted by molar-refractivity contribution is 5.76. The number of amides is 1. The van der Waals surface area contributed by atoms with E-state index in [9.17, 15) is 4.79 Å². The molecule has 0 aliphatic carbocycles. The molecule has 96 valence electrons. The Bertz CT molecular complexity index is 374. The fourth-order valence-electron chi connectivity index (χ4n) is 1.38. The number of carbonyl (C=O) groups excluding carboxylic acids is 1. The van der Waals surface area contributed by atoms with Gasteiger partial charge in [0.25, 0.3) is 0 Å². The SMILES string of the molecule is Cc1cnc(C(C)NC(=O)CC(N)C(C)C)o1. The summed E-state index contributed by atoms with van der Waals surface area (Å²) in [6.07, 6.45) is 1.96. The molecule has 0 aliphatic rings. The summed E-state index contributed by atoms with van der Waals surface area (Å²) in [5, 5.41) is 2.82. The average molecular weight is 239 g/mol. The molecule has 0 bridgehead atoms. The van der Waals surface area contributed by atoms with Gasteiger partial charge in [-0.25, -0.2) is 4.98 Å². The lowest BCUT2D eigenvalue weighted by Crippen LogP contribution is -2.35. The minimum absolute atomic E-state index is 0.0745. The van der Waals surface area contributed by atoms with Gasteiger partial charge in [0.15, 0.2) is 0 Å². The molecular weight excluding hydrogens is 218 g/mol. The Morgan fingerprint density at radius 1 is 1.53 bits per heavy atom. The van der Waals surface area contributed by atoms with Crippen LogP contribution in [0.4, 0.5) is 0 Å². The number of oxazole rings is 1. The normalized spacial score (nSPS) is 14.7. The lowest BCUT2D eigenvalue weighted by molar-refractivity contribution is -0.122. The van der Waals surface area contributed by atoms with Crippen LogP contribution in [0.25, 0.3) is 0 Å². The minimum Gasteiger partial charge on any atom is -0.444 e. The van der Waals surface area contributed by atoms with Crippen LogP contribution in [0.2, 0.25) is 0 Å². The van der Waals surface area contributed by atoms with Crippen molar-refractivity contribution in [2.45, 2.75) is 46.2 Å². The summed E-state index contributed by atoms with van der Waals surface area (Å²) >= 11 is 0. The Kier molecular flexibility index (Phi) is 4.69. The van der Waals surface area contributed by atoms with Crippen molar-refractivity contribution in [2.24, 2.45) is 11.7 Å². The first-order valence-electron chi connectivity index (χ1n) is 5.87. The molecule has 1 aromatic heterocycles. The van der Waals surface area contributed by atoms with Crippen LogP contribution in [-0.4, -0.2) is 16.9 Å². The van der Waals surface area contributed by atoms with Crippen LogP contribution in [0, 0.1) is 12.8 Å². The Balaban J connectivity index is 2.46. The van der Waals surface area contributed by atoms with Gasteiger partial charge in [-0.15, -0.1) is 0 Å². The van der Waals surface area contributed by atoms with Gasteiger partial charge in [-0.2, -0.15) is 0 Å². The Labute approximate surface area is 102 Å². The van der Waals surface area contributed by atoms with Crippen molar-refractivity contribution in [3.63, 3.8) is 0 Å². The molecule has 17 heavy (non-hydrogen) atoms. The van der Waals surface area contributed by atoms with Gasteiger partial charge in [-0.1, -0.05) is 13.8 Å². The first-order valence-corrected chi connectivity index (χ1v) is 5.87. The molecule has 0 radical (unpaired) electrons. The van der Waals surface area contributed by atoms with Gasteiger partial charge in [0, 0.05) is 12.5 Å². The molecule has 0 saturated carbocycles. The molecule has 1 aromatic rings. The van der Waals surface area contributed by atoms with Crippen molar-refractivity contribution in [3.8, 4) is 0 Å². The van der Waals surface area contributed by atoms with Gasteiger partial charge >= 0.3 is 0 Å². The molecule has 2 unspecified atom stereocenters. The van der Waals surface area contributed by atoms with Crippen LogP contribution >= 0.6 is 0 Å². The number of aryl methyl sites for hydroxylation is 1. The number of hydrogen-bond donors (Lipinski definition) is 2. The van der Waals surface area contributed by atoms with Gasteiger partial charge in [0.1, 0.15) is 11.8 Å². The van der Waals surface area contributed by atoms with Gasteiger partial charge in [-0.3, -0.25) is 4.79 Å². The van der Waals surface area contributed by atoms with E-state index in [0.717, 1.165) is 5.76 Å². The molecule has 1 amide bonds. The van der Waals surface area contributed by atoms with E-state index in [1.807, 2.05) is 27.7 Å². The highest BCUT2D eigenvalue weighted by atomic mass is 16.4. The quantitative estimate of drug-likeness (QED) is 0.816. The van der Waals surface area contributed by atoms with E-state index in [1.165, 1.54) is 0 Å². The summed E-state index contributed by atoms with van der Waals surface area (Å²) in [7, 11) is 0. The molecule has 3 N–H and O–H groups in total. The summed E-state index contributed by atoms with van der Waals surface area (Å²) in [6.45, 7) is 7.65. The zero-order valence-corrected chi connectivity index (χ0v) is 10.9. The fourth-order valence-corrected chi connectivity index (χ4v) is 1.38. The third-order valence-corrected chi connectivity index (χ3v) is 2.66. The molecule has 1 heterocycles. The lowest BCUT2D eigenvalue weighted by Gasteiger charge is -2.16. The van der Waals surface area contributed by atoms with Crippen molar-refractivity contribution in [3.05, 3.63) is 17.8 Å². The van der Waals surface area contributed by atoms with Gasteiger partial charge < -0.3 is 15.5 Å². The zero-order valence-electron chi connectivity index (χ0n) is 10.9. The largest absolute Gasteiger partial charge is 0.444 e. The summed E-state index contributed by atoms with van der Waals surface area (Å²) in [5.41, 5.74) is 5.84. The monoisotopic (exact) mass is 239 g/mol. The van der Waals surface area contributed by atoms with Crippen LogP contribution in [0.3, 0.4) is 0 Å². The molecule has 5 nitrogen and oxygen atoms in total. The second-order valence-corrected chi connectivity index (χ2v) is 4.71. The van der Waals surface area contributed by atoms with E-state index in [1.54, 1.807) is 6.20 Å². The van der Waals surface area contributed by atoms with Crippen LogP contribution in [0.1, 0.15) is 44.9 Å². The second kappa shape index (κ2) is 5.82. The number of nitrogens with one attached hydrogen (secondary N) is 1. The predicted molar refractivity (Wildman–Crippen MR) is 65.2 cm³/mol. The average Bonchev–Trinajstić information content (AvgIpc) is 2.64. The number of hydrogen-bond acceptors (Lipinski definition) is 4. The van der Waals surface area contributed by atoms with E-state index < -0.39 is 0 Å². The minimum atomic E-state index is -0.226. The Hall–Kier alpha value is -1.36. The maximum absolute atomic E-state index is 11.7. The van der Waals surface area contributed by atoms with Crippen molar-refractivity contribution < 1.29 is 9.21 Å². The fraction of sp³-hybridized carbons (Fsp3) is 0.667. The topological polar surface area (TPSA) is 81.2 Å². The Morgan fingerprint density at radius 2 is 2.18 bits per heavy atom. The molecule has 0 aromatic carbocycles. The molecular formula is C12H21N3O2. The number of carbonyl (C=O) groups is 1. The molecule has 5 heteroatoms. The standard InChI is InChI=1S/C12H21N3O2/c1-7(2)10(13)5-11(16)15-9(4)12-14-6-8(3)17-12/h6-7,9-10H,5,13H2,1-4H3,(H,15,16). The zero-order chi connectivity index (χ0) is 13.0. The summed E-state index contributed by atoms with van der Waals surface area (Å²) in [4.78, 5) is 15.8. The number of aromatic nitrogens is 1. The van der Waals surface area contributed by atoms with Crippen LogP contribution in [-0.2, 0) is 4.79 Å². The van der Waals surface area contributed by atoms with Crippen molar-refractivity contribution in [1.29, 1.82) is 0 Å². The Morgan fingerprint density at radius 3 is 2.65 bits per heavy atom. The van der Waals surface area contributed by atoms with E-state index in [4.69, 9.17) is 10.2 Å². The third kappa shape index (κ3) is 4.19. The third-order valence-electron chi connectivity index (χ3n) is 2.66. The lowest BCUT2D eigenvalue weighted by atomic mass is 10.0. The van der Waals surface area contributed by atoms with Crippen molar-refractivity contribution in [2.75, 3.05) is 0 Å². The number of rotatable bonds is 5. The van der Waals surface area contributed by atoms with Crippen LogP contribution < -0.4 is 11.1 Å². The van der Waals surface area contributed by atoms with Crippen molar-refractivity contribution >= 4 is 5.91 Å². The summed E-state index contributed by atoms with van der Waals surface area (Å²) in [6, 6.07) is -0.343. The van der Waals surface area contributed by atoms with Gasteiger partial charge in [0.2, 0.25) is 11.8 Å². The van der Waals surface area contributed by atoms with Gasteiger partial charge in [-0.05, 0) is 19.8 Å². The molecule has 2 atom stereocenters. The highest BCUT2D eigenvalue weighted by Crippen LogP contribution is 2.12. The smallest absolute Gasteiger partial charge is 0.222 e. The van der Waals surface area contributed by atoms with E-state index in [2.05, 4.69) is 10.3 Å². The van der Waals surface area contributed by atoms with E-state index >= 15 is 0 Å². The maximum atomic E-state index is 11.7. The van der Waals surface area contributed by atoms with Crippen LogP contribution in [0.15, 0.2) is 10.6 Å². The van der Waals surface area contributed by atoms with E-state index in [-0.39, 0.29) is 18.0 Å². The van der Waals surface area contributed by atoms with Crippen LogP contribution in [0.5, 0.6) is 0 Å². The first-order chi connectivity index (χ1) is 7.90. The predicted octanol–water partition coefficient (Wildman–Crippen LogP) is 1.53. The molecule has 1 rings (SSSR count). The molecule has 0 fully saturated rings. The number of nitrogens with zero attached hydrogens (tertiary/aromatic N) is 1. The molecule has 0 saturated heterocycles. The van der Waals surface area contributed by atoms with E-state index in [0.29, 0.717) is 18.2 Å². The van der Waals surface area contributed by atoms with Gasteiger partial charge in [0.05, 0.1) is 6.20 Å². The van der Waals surface area contributed by atoms with Crippen molar-refractivity contribution in [1.82, 2.24) is 10.3 Å². The molecule has 0 spiro atoms. The summed E-state index contributed by atoms with van der Waals surface area (Å²) < 4.78 is 5.34. The molecule has 0 aliphatic heterocycles. The number of nitrogens with two attached hydrogens (primary N) is 1.